The summed E-state index contributed by atoms with van der Waals surface area (Å²) in [5.74, 6) is -0.196. The molecular weight excluding hydrogens is 266 g/mol. The van der Waals surface area contributed by atoms with Crippen LogP contribution >= 0.6 is 0 Å². The molecule has 0 spiro atoms. The first-order valence-electron chi connectivity index (χ1n) is 7.14. The summed E-state index contributed by atoms with van der Waals surface area (Å²) in [5.41, 5.74) is 7.03. The van der Waals surface area contributed by atoms with Crippen molar-refractivity contribution in [1.82, 2.24) is 20.3 Å². The number of hydrogen-bond donors (Lipinski definition) is 2. The van der Waals surface area contributed by atoms with E-state index in [0.29, 0.717) is 18.8 Å². The maximum Gasteiger partial charge on any atom is 0.273 e. The van der Waals surface area contributed by atoms with E-state index in [4.69, 9.17) is 5.73 Å². The Labute approximate surface area is 124 Å². The van der Waals surface area contributed by atoms with Crippen molar-refractivity contribution in [3.8, 4) is 0 Å². The lowest BCUT2D eigenvalue weighted by atomic mass is 10.1. The molecule has 0 unspecified atom stereocenters. The number of hydrogen-bond acceptors (Lipinski definition) is 4. The molecule has 112 valence electrons. The summed E-state index contributed by atoms with van der Waals surface area (Å²) in [5, 5.41) is 10.6. The number of amides is 1. The number of aromatic nitrogens is 3. The van der Waals surface area contributed by atoms with Gasteiger partial charge in [0.05, 0.1) is 12.7 Å². The zero-order chi connectivity index (χ0) is 15.1. The van der Waals surface area contributed by atoms with Gasteiger partial charge in [0.25, 0.3) is 5.91 Å². The summed E-state index contributed by atoms with van der Waals surface area (Å²) >= 11 is 0. The number of rotatable bonds is 7. The standard InChI is InChI=1S/C15H21N5O/c1-12(7-8-13-5-3-2-4-6-13)17-15(21)14-11-20(10-9-16)19-18-14/h2-6,11-12H,7-10,16H2,1H3,(H,17,21)/t12-/m0/s1. The molecule has 2 rings (SSSR count). The van der Waals surface area contributed by atoms with Gasteiger partial charge in [-0.25, -0.2) is 0 Å². The molecular formula is C15H21N5O. The van der Waals surface area contributed by atoms with Crippen LogP contribution in [0.1, 0.15) is 29.4 Å². The number of carbonyl (C=O) groups is 1. The Kier molecular flexibility index (Phi) is 5.45. The van der Waals surface area contributed by atoms with Gasteiger partial charge >= 0.3 is 0 Å². The van der Waals surface area contributed by atoms with E-state index in [0.717, 1.165) is 12.8 Å². The maximum absolute atomic E-state index is 12.0. The zero-order valence-electron chi connectivity index (χ0n) is 12.2. The first kappa shape index (κ1) is 15.2. The number of benzene rings is 1. The van der Waals surface area contributed by atoms with Crippen LogP contribution in [0.4, 0.5) is 0 Å². The molecule has 1 amide bonds. The van der Waals surface area contributed by atoms with Crippen molar-refractivity contribution in [3.05, 3.63) is 47.8 Å². The van der Waals surface area contributed by atoms with Crippen LogP contribution in [0.5, 0.6) is 0 Å². The van der Waals surface area contributed by atoms with E-state index in [1.807, 2.05) is 25.1 Å². The molecule has 2 aromatic rings. The lowest BCUT2D eigenvalue weighted by Crippen LogP contribution is -2.33. The van der Waals surface area contributed by atoms with Crippen LogP contribution in [-0.4, -0.2) is 33.5 Å². The van der Waals surface area contributed by atoms with E-state index in [1.165, 1.54) is 5.56 Å². The van der Waals surface area contributed by atoms with E-state index in [2.05, 4.69) is 27.8 Å². The molecule has 0 saturated carbocycles. The molecule has 1 heterocycles. The van der Waals surface area contributed by atoms with Gasteiger partial charge in [-0.2, -0.15) is 0 Å². The van der Waals surface area contributed by atoms with Crippen molar-refractivity contribution < 1.29 is 4.79 Å². The van der Waals surface area contributed by atoms with Gasteiger partial charge in [-0.1, -0.05) is 35.5 Å². The van der Waals surface area contributed by atoms with Crippen LogP contribution in [0.2, 0.25) is 0 Å². The van der Waals surface area contributed by atoms with E-state index < -0.39 is 0 Å². The molecule has 6 nitrogen and oxygen atoms in total. The summed E-state index contributed by atoms with van der Waals surface area (Å²) in [6, 6.07) is 10.3. The smallest absolute Gasteiger partial charge is 0.273 e. The molecule has 1 aromatic heterocycles. The Bertz CT molecular complexity index is 566. The van der Waals surface area contributed by atoms with Crippen LogP contribution < -0.4 is 11.1 Å². The quantitative estimate of drug-likeness (QED) is 0.795. The summed E-state index contributed by atoms with van der Waals surface area (Å²) in [4.78, 5) is 12.0. The Morgan fingerprint density at radius 2 is 2.14 bits per heavy atom. The fraction of sp³-hybridized carbons (Fsp3) is 0.400. The second-order valence-electron chi connectivity index (χ2n) is 5.05. The Morgan fingerprint density at radius 1 is 1.38 bits per heavy atom. The molecule has 1 aromatic carbocycles. The number of carbonyl (C=O) groups excluding carboxylic acids is 1. The van der Waals surface area contributed by atoms with Crippen molar-refractivity contribution in [3.63, 3.8) is 0 Å². The first-order valence-corrected chi connectivity index (χ1v) is 7.14. The lowest BCUT2D eigenvalue weighted by molar-refractivity contribution is 0.0933. The maximum atomic E-state index is 12.0. The van der Waals surface area contributed by atoms with Gasteiger partial charge in [0.2, 0.25) is 0 Å². The van der Waals surface area contributed by atoms with Crippen molar-refractivity contribution in [2.75, 3.05) is 6.54 Å². The average molecular weight is 287 g/mol. The topological polar surface area (TPSA) is 85.8 Å². The van der Waals surface area contributed by atoms with Crippen LogP contribution in [0.3, 0.4) is 0 Å². The molecule has 3 N–H and O–H groups in total. The third-order valence-corrected chi connectivity index (χ3v) is 3.22. The Balaban J connectivity index is 1.81. The van der Waals surface area contributed by atoms with Crippen LogP contribution in [0.25, 0.3) is 0 Å². The molecule has 0 aliphatic carbocycles. The predicted octanol–water partition coefficient (Wildman–Crippen LogP) is 0.988. The van der Waals surface area contributed by atoms with Crippen molar-refractivity contribution in [2.45, 2.75) is 32.4 Å². The second kappa shape index (κ2) is 7.54. The Morgan fingerprint density at radius 3 is 2.86 bits per heavy atom. The third kappa shape index (κ3) is 4.68. The molecule has 0 fully saturated rings. The largest absolute Gasteiger partial charge is 0.348 e. The highest BCUT2D eigenvalue weighted by atomic mass is 16.2. The average Bonchev–Trinajstić information content (AvgIpc) is 2.95. The highest BCUT2D eigenvalue weighted by Crippen LogP contribution is 2.05. The number of nitrogens with zero attached hydrogens (tertiary/aromatic N) is 3. The van der Waals surface area contributed by atoms with Crippen LogP contribution in [-0.2, 0) is 13.0 Å². The molecule has 1 atom stereocenters. The molecule has 0 aliphatic heterocycles. The van der Waals surface area contributed by atoms with Gasteiger partial charge in [0.1, 0.15) is 0 Å². The van der Waals surface area contributed by atoms with E-state index in [9.17, 15) is 4.79 Å². The molecule has 21 heavy (non-hydrogen) atoms. The third-order valence-electron chi connectivity index (χ3n) is 3.22. The predicted molar refractivity (Wildman–Crippen MR) is 80.8 cm³/mol. The molecule has 0 radical (unpaired) electrons. The number of aryl methyl sites for hydroxylation is 1. The number of nitrogens with two attached hydrogens (primary N) is 1. The second-order valence-corrected chi connectivity index (χ2v) is 5.05. The first-order chi connectivity index (χ1) is 10.2. The van der Waals surface area contributed by atoms with Crippen molar-refractivity contribution >= 4 is 5.91 Å². The summed E-state index contributed by atoms with van der Waals surface area (Å²) < 4.78 is 1.57. The molecule has 6 heteroatoms. The minimum atomic E-state index is -0.196. The highest BCUT2D eigenvalue weighted by Gasteiger charge is 2.13. The summed E-state index contributed by atoms with van der Waals surface area (Å²) in [7, 11) is 0. The van der Waals surface area contributed by atoms with Crippen molar-refractivity contribution in [2.24, 2.45) is 5.73 Å². The minimum absolute atomic E-state index is 0.0809. The van der Waals surface area contributed by atoms with Gasteiger partial charge in [0, 0.05) is 12.6 Å². The van der Waals surface area contributed by atoms with Gasteiger partial charge < -0.3 is 11.1 Å². The fourth-order valence-electron chi connectivity index (χ4n) is 2.04. The van der Waals surface area contributed by atoms with E-state index in [1.54, 1.807) is 10.9 Å². The summed E-state index contributed by atoms with van der Waals surface area (Å²) in [6.45, 7) is 3.02. The van der Waals surface area contributed by atoms with E-state index >= 15 is 0 Å². The van der Waals surface area contributed by atoms with Gasteiger partial charge in [-0.15, -0.1) is 5.10 Å². The molecule has 0 aliphatic rings. The monoisotopic (exact) mass is 287 g/mol. The Hall–Kier alpha value is -2.21. The molecule has 0 bridgehead atoms. The minimum Gasteiger partial charge on any atom is -0.348 e. The zero-order valence-corrected chi connectivity index (χ0v) is 12.2. The van der Waals surface area contributed by atoms with Crippen LogP contribution in [0, 0.1) is 0 Å². The fourth-order valence-corrected chi connectivity index (χ4v) is 2.04. The normalized spacial score (nSPS) is 12.1. The highest BCUT2D eigenvalue weighted by molar-refractivity contribution is 5.92. The number of nitrogens with one attached hydrogen (secondary N) is 1. The van der Waals surface area contributed by atoms with Crippen molar-refractivity contribution in [1.29, 1.82) is 0 Å². The van der Waals surface area contributed by atoms with Gasteiger partial charge in [-0.05, 0) is 25.3 Å². The SMILES string of the molecule is C[C@@H](CCc1ccccc1)NC(=O)c1cn(CCN)nn1. The molecule has 0 saturated heterocycles. The van der Waals surface area contributed by atoms with E-state index in [-0.39, 0.29) is 11.9 Å². The summed E-state index contributed by atoms with van der Waals surface area (Å²) in [6.07, 6.45) is 3.43. The lowest BCUT2D eigenvalue weighted by Gasteiger charge is -2.12. The van der Waals surface area contributed by atoms with Gasteiger partial charge in [-0.3, -0.25) is 9.48 Å². The van der Waals surface area contributed by atoms with Crippen LogP contribution in [0.15, 0.2) is 36.5 Å². The van der Waals surface area contributed by atoms with Gasteiger partial charge in [0.15, 0.2) is 5.69 Å².